The fourth-order valence-electron chi connectivity index (χ4n) is 4.80. The van der Waals surface area contributed by atoms with Gasteiger partial charge in [-0.25, -0.2) is 18.7 Å². The van der Waals surface area contributed by atoms with E-state index in [9.17, 15) is 14.3 Å². The number of nitrogens with zero attached hydrogens (tertiary/aromatic N) is 4. The van der Waals surface area contributed by atoms with E-state index < -0.39 is 11.5 Å². The summed E-state index contributed by atoms with van der Waals surface area (Å²) in [7, 11) is 0. The maximum Gasteiger partial charge on any atom is 0.355 e. The van der Waals surface area contributed by atoms with Gasteiger partial charge < -0.3 is 15.3 Å². The van der Waals surface area contributed by atoms with Crippen LogP contribution in [0.5, 0.6) is 5.75 Å². The van der Waals surface area contributed by atoms with Crippen molar-refractivity contribution < 1.29 is 9.50 Å². The maximum atomic E-state index is 14.9. The zero-order valence-corrected chi connectivity index (χ0v) is 21.1. The lowest BCUT2D eigenvalue weighted by Crippen LogP contribution is -2.50. The summed E-state index contributed by atoms with van der Waals surface area (Å²) in [5.41, 5.74) is 1.34. The Morgan fingerprint density at radius 2 is 1.94 bits per heavy atom. The van der Waals surface area contributed by atoms with Gasteiger partial charge in [0.05, 0.1) is 27.4 Å². The number of hydrogen-bond donors (Lipinski definition) is 2. The van der Waals surface area contributed by atoms with E-state index >= 15 is 0 Å². The molecule has 186 valence electrons. The topological polar surface area (TPSA) is 83.3 Å². The number of hydrogen-bond acceptors (Lipinski definition) is 6. The van der Waals surface area contributed by atoms with Crippen molar-refractivity contribution >= 4 is 28.5 Å². The third-order valence-corrected chi connectivity index (χ3v) is 6.89. The Bertz CT molecular complexity index is 1500. The molecular weight excluding hydrogens is 481 g/mol. The molecule has 0 unspecified atom stereocenters. The molecule has 2 aromatic heterocycles. The molecule has 0 radical (unpaired) electrons. The number of anilines is 1. The van der Waals surface area contributed by atoms with E-state index in [1.54, 1.807) is 6.07 Å². The number of nitrogens with one attached hydrogen (secondary N) is 1. The summed E-state index contributed by atoms with van der Waals surface area (Å²) in [6.07, 6.45) is 0. The van der Waals surface area contributed by atoms with Crippen LogP contribution in [0, 0.1) is 5.82 Å². The van der Waals surface area contributed by atoms with Crippen molar-refractivity contribution in [3.05, 3.63) is 75.4 Å². The quantitative estimate of drug-likeness (QED) is 0.410. The van der Waals surface area contributed by atoms with Gasteiger partial charge in [-0.3, -0.25) is 0 Å². The van der Waals surface area contributed by atoms with Gasteiger partial charge in [0.15, 0.2) is 5.65 Å². The first-order chi connectivity index (χ1) is 17.3. The minimum absolute atomic E-state index is 0.0560. The number of para-hydroxylation sites is 1. The predicted molar refractivity (Wildman–Crippen MR) is 141 cm³/mol. The summed E-state index contributed by atoms with van der Waals surface area (Å²) in [6, 6.07) is 13.4. The lowest BCUT2D eigenvalue weighted by molar-refractivity contribution is 0.471. The average molecular weight is 508 g/mol. The van der Waals surface area contributed by atoms with E-state index in [2.05, 4.69) is 22.1 Å². The number of aromatic nitrogens is 3. The van der Waals surface area contributed by atoms with Crippen LogP contribution in [0.2, 0.25) is 5.02 Å². The van der Waals surface area contributed by atoms with Gasteiger partial charge in [0.25, 0.3) is 0 Å². The number of benzene rings is 2. The van der Waals surface area contributed by atoms with Gasteiger partial charge in [0.1, 0.15) is 17.4 Å². The minimum atomic E-state index is -0.662. The second-order valence-electron chi connectivity index (χ2n) is 9.34. The molecule has 4 aromatic rings. The summed E-state index contributed by atoms with van der Waals surface area (Å²) < 4.78 is 16.3. The van der Waals surface area contributed by atoms with E-state index in [-0.39, 0.29) is 34.0 Å². The first-order valence-electron chi connectivity index (χ1n) is 12.0. The Morgan fingerprint density at radius 3 is 2.67 bits per heavy atom. The van der Waals surface area contributed by atoms with Gasteiger partial charge in [-0.15, -0.1) is 0 Å². The predicted octanol–water partition coefficient (Wildman–Crippen LogP) is 4.87. The third-order valence-electron chi connectivity index (χ3n) is 6.60. The highest BCUT2D eigenvalue weighted by Crippen LogP contribution is 2.38. The normalized spacial score (nSPS) is 16.2. The van der Waals surface area contributed by atoms with Crippen LogP contribution < -0.4 is 15.9 Å². The molecule has 1 aliphatic heterocycles. The van der Waals surface area contributed by atoms with Crippen LogP contribution in [-0.2, 0) is 0 Å². The highest BCUT2D eigenvalue weighted by molar-refractivity contribution is 6.34. The van der Waals surface area contributed by atoms with Crippen molar-refractivity contribution in [2.75, 3.05) is 24.5 Å². The first kappa shape index (κ1) is 24.2. The molecule has 1 fully saturated rings. The maximum absolute atomic E-state index is 14.9. The SMILES string of the molecule is CC(C)c1ccccc1-n1c(=O)nc(N2CCNC[C@@H]2C)c2cc(Cl)c(-c3c(O)cccc3F)nc21. The summed E-state index contributed by atoms with van der Waals surface area (Å²) >= 11 is 6.66. The number of piperazine rings is 1. The number of halogens is 2. The standard InChI is InChI=1S/C27H27ClFN5O2/c1-15(2)17-7-4-5-9-21(17)34-26-18(25(32-27(34)36)33-12-11-30-14-16(33)3)13-19(28)24(31-26)23-20(29)8-6-10-22(23)35/h4-10,13,15-16,30,35H,11-12,14H2,1-3H3/t16-/m0/s1. The highest BCUT2D eigenvalue weighted by Gasteiger charge is 2.27. The molecule has 36 heavy (non-hydrogen) atoms. The molecule has 0 aliphatic carbocycles. The Kier molecular flexibility index (Phi) is 6.40. The fourth-order valence-corrected chi connectivity index (χ4v) is 5.05. The highest BCUT2D eigenvalue weighted by atomic mass is 35.5. The number of pyridine rings is 1. The van der Waals surface area contributed by atoms with Crippen molar-refractivity contribution in [1.82, 2.24) is 19.9 Å². The van der Waals surface area contributed by atoms with E-state index in [0.29, 0.717) is 29.1 Å². The molecule has 0 saturated carbocycles. The lowest BCUT2D eigenvalue weighted by Gasteiger charge is -2.35. The van der Waals surface area contributed by atoms with Crippen LogP contribution in [0.3, 0.4) is 0 Å². The van der Waals surface area contributed by atoms with Crippen molar-refractivity contribution in [3.63, 3.8) is 0 Å². The van der Waals surface area contributed by atoms with Crippen LogP contribution in [0.1, 0.15) is 32.3 Å². The fraction of sp³-hybridized carbons (Fsp3) is 0.296. The van der Waals surface area contributed by atoms with Crippen LogP contribution in [-0.4, -0.2) is 45.3 Å². The molecule has 5 rings (SSSR count). The van der Waals surface area contributed by atoms with Gasteiger partial charge in [-0.1, -0.05) is 49.7 Å². The summed E-state index contributed by atoms with van der Waals surface area (Å²) in [4.78, 5) is 25.0. The smallest absolute Gasteiger partial charge is 0.355 e. The molecule has 1 saturated heterocycles. The molecule has 2 N–H and O–H groups in total. The van der Waals surface area contributed by atoms with Crippen LogP contribution in [0.4, 0.5) is 10.2 Å². The zero-order chi connectivity index (χ0) is 25.6. The number of fused-ring (bicyclic) bond motifs is 1. The van der Waals surface area contributed by atoms with Gasteiger partial charge in [0.2, 0.25) is 0 Å². The first-order valence-corrected chi connectivity index (χ1v) is 12.3. The summed E-state index contributed by atoms with van der Waals surface area (Å²) in [6.45, 7) is 8.29. The molecule has 0 amide bonds. The van der Waals surface area contributed by atoms with Crippen molar-refractivity contribution in [2.45, 2.75) is 32.7 Å². The number of phenols is 1. The second kappa shape index (κ2) is 9.52. The summed E-state index contributed by atoms with van der Waals surface area (Å²) in [5.74, 6) is -0.338. The van der Waals surface area contributed by atoms with Crippen molar-refractivity contribution in [3.8, 4) is 22.7 Å². The van der Waals surface area contributed by atoms with E-state index in [1.165, 1.54) is 22.8 Å². The zero-order valence-electron chi connectivity index (χ0n) is 20.3. The molecule has 2 aromatic carbocycles. The largest absolute Gasteiger partial charge is 0.507 e. The Morgan fingerprint density at radius 1 is 1.17 bits per heavy atom. The molecule has 9 heteroatoms. The van der Waals surface area contributed by atoms with Crippen LogP contribution in [0.25, 0.3) is 28.0 Å². The second-order valence-corrected chi connectivity index (χ2v) is 9.74. The van der Waals surface area contributed by atoms with Gasteiger partial charge in [-0.05, 0) is 42.7 Å². The molecular formula is C27H27ClFN5O2. The lowest BCUT2D eigenvalue weighted by atomic mass is 10.0. The van der Waals surface area contributed by atoms with E-state index in [4.69, 9.17) is 16.6 Å². The molecule has 7 nitrogen and oxygen atoms in total. The number of aromatic hydroxyl groups is 1. The Hall–Kier alpha value is -3.49. The van der Waals surface area contributed by atoms with E-state index in [1.807, 2.05) is 38.1 Å². The van der Waals surface area contributed by atoms with Gasteiger partial charge in [-0.2, -0.15) is 4.98 Å². The Balaban J connectivity index is 1.89. The molecule has 1 aliphatic rings. The average Bonchev–Trinajstić information content (AvgIpc) is 2.84. The third kappa shape index (κ3) is 4.10. The number of rotatable bonds is 4. The Labute approximate surface area is 213 Å². The van der Waals surface area contributed by atoms with Crippen molar-refractivity contribution in [2.24, 2.45) is 0 Å². The summed E-state index contributed by atoms with van der Waals surface area (Å²) in [5, 5.41) is 14.5. The molecule has 3 heterocycles. The van der Waals surface area contributed by atoms with Gasteiger partial charge in [0, 0.05) is 25.7 Å². The van der Waals surface area contributed by atoms with E-state index in [0.717, 1.165) is 18.7 Å². The monoisotopic (exact) mass is 507 g/mol. The van der Waals surface area contributed by atoms with Crippen LogP contribution >= 0.6 is 11.6 Å². The van der Waals surface area contributed by atoms with Crippen molar-refractivity contribution in [1.29, 1.82) is 0 Å². The number of phenolic OH excluding ortho intramolecular Hbond substituents is 1. The molecule has 1 atom stereocenters. The molecule has 0 bridgehead atoms. The minimum Gasteiger partial charge on any atom is -0.507 e. The molecule has 0 spiro atoms. The van der Waals surface area contributed by atoms with Gasteiger partial charge >= 0.3 is 5.69 Å². The van der Waals surface area contributed by atoms with Crippen LogP contribution in [0.15, 0.2) is 53.3 Å².